The number of halogens is 1. The van der Waals surface area contributed by atoms with E-state index in [1.165, 1.54) is 21.5 Å². The van der Waals surface area contributed by atoms with E-state index >= 15 is 0 Å². The second-order valence-corrected chi connectivity index (χ2v) is 8.05. The molecular weight excluding hydrogens is 374 g/mol. The predicted molar refractivity (Wildman–Crippen MR) is 107 cm³/mol. The van der Waals surface area contributed by atoms with Crippen LogP contribution in [0.4, 0.5) is 0 Å². The molecule has 28 heavy (non-hydrogen) atoms. The molecule has 7 heteroatoms. The summed E-state index contributed by atoms with van der Waals surface area (Å²) in [5.41, 5.74) is 5.13. The second-order valence-electron chi connectivity index (χ2n) is 7.69. The number of nitrogens with zero attached hydrogens (tertiary/aromatic N) is 5. The zero-order chi connectivity index (χ0) is 19.4. The standard InChI is InChI=1S/C21H22ClN5O/c1-25-19(13-7-4-3-5-8-13)15-11-14-9-6-10-17(18(15)24-25)27(14)21(28)16-12-23-26(2)20(16)22/h3-5,7-8,12,14,17H,6,9-11H2,1-2H3. The number of piperidine rings is 1. The van der Waals surface area contributed by atoms with Gasteiger partial charge in [-0.1, -0.05) is 41.9 Å². The zero-order valence-electron chi connectivity index (χ0n) is 16.0. The summed E-state index contributed by atoms with van der Waals surface area (Å²) in [4.78, 5) is 15.4. The van der Waals surface area contributed by atoms with E-state index in [1.54, 1.807) is 13.2 Å². The van der Waals surface area contributed by atoms with Gasteiger partial charge in [-0.15, -0.1) is 0 Å². The van der Waals surface area contributed by atoms with Crippen LogP contribution in [0.1, 0.15) is 46.9 Å². The first-order chi connectivity index (χ1) is 13.6. The second kappa shape index (κ2) is 6.48. The highest BCUT2D eigenvalue weighted by Gasteiger charge is 2.44. The van der Waals surface area contributed by atoms with E-state index in [1.807, 2.05) is 22.7 Å². The molecule has 2 unspecified atom stereocenters. The molecule has 5 rings (SSSR count). The fourth-order valence-corrected chi connectivity index (χ4v) is 4.98. The number of rotatable bonds is 2. The lowest BCUT2D eigenvalue weighted by atomic mass is 9.81. The van der Waals surface area contributed by atoms with Crippen molar-refractivity contribution in [2.45, 2.75) is 37.8 Å². The molecule has 2 aromatic heterocycles. The average Bonchev–Trinajstić information content (AvgIpc) is 3.20. The van der Waals surface area contributed by atoms with E-state index in [-0.39, 0.29) is 18.0 Å². The number of aryl methyl sites for hydroxylation is 2. The van der Waals surface area contributed by atoms with Crippen molar-refractivity contribution in [2.24, 2.45) is 14.1 Å². The summed E-state index contributed by atoms with van der Waals surface area (Å²) in [6, 6.07) is 10.5. The summed E-state index contributed by atoms with van der Waals surface area (Å²) >= 11 is 6.32. The van der Waals surface area contributed by atoms with E-state index in [4.69, 9.17) is 16.7 Å². The van der Waals surface area contributed by atoms with Gasteiger partial charge in [0.15, 0.2) is 0 Å². The van der Waals surface area contributed by atoms with Crippen LogP contribution in [0, 0.1) is 0 Å². The quantitative estimate of drug-likeness (QED) is 0.663. The van der Waals surface area contributed by atoms with Crippen LogP contribution in [0.15, 0.2) is 36.5 Å². The summed E-state index contributed by atoms with van der Waals surface area (Å²) in [5, 5.41) is 9.41. The molecule has 2 aliphatic heterocycles. The molecular formula is C21H22ClN5O. The maximum Gasteiger partial charge on any atom is 0.259 e. The van der Waals surface area contributed by atoms with Crippen LogP contribution >= 0.6 is 11.6 Å². The van der Waals surface area contributed by atoms with Crippen molar-refractivity contribution in [1.29, 1.82) is 0 Å². The van der Waals surface area contributed by atoms with Crippen LogP contribution in [0.2, 0.25) is 5.15 Å². The van der Waals surface area contributed by atoms with Gasteiger partial charge in [-0.3, -0.25) is 14.2 Å². The first kappa shape index (κ1) is 17.5. The van der Waals surface area contributed by atoms with E-state index in [2.05, 4.69) is 29.4 Å². The van der Waals surface area contributed by atoms with Crippen LogP contribution in [0.25, 0.3) is 11.3 Å². The monoisotopic (exact) mass is 395 g/mol. The minimum atomic E-state index is -0.0367. The molecule has 3 aromatic rings. The van der Waals surface area contributed by atoms with Crippen molar-refractivity contribution >= 4 is 17.5 Å². The van der Waals surface area contributed by atoms with Crippen molar-refractivity contribution < 1.29 is 4.79 Å². The summed E-state index contributed by atoms with van der Waals surface area (Å²) in [6.07, 6.45) is 5.44. The van der Waals surface area contributed by atoms with Crippen molar-refractivity contribution in [3.05, 3.63) is 58.5 Å². The molecule has 144 valence electrons. The Morgan fingerprint density at radius 3 is 2.64 bits per heavy atom. The Kier molecular flexibility index (Phi) is 4.05. The highest BCUT2D eigenvalue weighted by Crippen LogP contribution is 2.45. The molecule has 6 nitrogen and oxygen atoms in total. The summed E-state index contributed by atoms with van der Waals surface area (Å²) in [5.74, 6) is -0.0367. The number of hydrogen-bond donors (Lipinski definition) is 0. The molecule has 1 aromatic carbocycles. The molecule has 0 radical (unpaired) electrons. The van der Waals surface area contributed by atoms with Gasteiger partial charge in [0.1, 0.15) is 5.15 Å². The molecule has 0 N–H and O–H groups in total. The van der Waals surface area contributed by atoms with E-state index in [0.717, 1.165) is 31.4 Å². The highest BCUT2D eigenvalue weighted by molar-refractivity contribution is 6.32. The number of fused-ring (bicyclic) bond motifs is 4. The summed E-state index contributed by atoms with van der Waals surface area (Å²) in [7, 11) is 3.74. The Hall–Kier alpha value is -2.60. The first-order valence-electron chi connectivity index (χ1n) is 9.67. The van der Waals surface area contributed by atoms with Gasteiger partial charge in [-0.05, 0) is 25.7 Å². The molecule has 2 bridgehead atoms. The Bertz CT molecular complexity index is 1050. The van der Waals surface area contributed by atoms with E-state index in [0.29, 0.717) is 10.7 Å². The van der Waals surface area contributed by atoms with Crippen LogP contribution in [0.5, 0.6) is 0 Å². The summed E-state index contributed by atoms with van der Waals surface area (Å²) < 4.78 is 3.51. The zero-order valence-corrected chi connectivity index (χ0v) is 16.7. The van der Waals surface area contributed by atoms with Gasteiger partial charge >= 0.3 is 0 Å². The molecule has 0 spiro atoms. The number of amides is 1. The smallest absolute Gasteiger partial charge is 0.259 e. The first-order valence-corrected chi connectivity index (χ1v) is 10.1. The van der Waals surface area contributed by atoms with Gasteiger partial charge in [-0.25, -0.2) is 0 Å². The van der Waals surface area contributed by atoms with E-state index < -0.39 is 0 Å². The van der Waals surface area contributed by atoms with Gasteiger partial charge in [0.2, 0.25) is 0 Å². The molecule has 1 amide bonds. The van der Waals surface area contributed by atoms with Crippen LogP contribution < -0.4 is 0 Å². The maximum atomic E-state index is 13.4. The lowest BCUT2D eigenvalue weighted by Crippen LogP contribution is -2.49. The van der Waals surface area contributed by atoms with E-state index in [9.17, 15) is 4.79 Å². The number of aromatic nitrogens is 4. The Morgan fingerprint density at radius 1 is 1.14 bits per heavy atom. The third-order valence-electron chi connectivity index (χ3n) is 6.05. The lowest BCUT2D eigenvalue weighted by molar-refractivity contribution is 0.0392. The molecule has 2 aliphatic rings. The van der Waals surface area contributed by atoms with Crippen LogP contribution in [0.3, 0.4) is 0 Å². The SMILES string of the molecule is Cn1ncc(C(=O)N2C3CCCC2c2nn(C)c(-c4ccccc4)c2C3)c1Cl. The third-order valence-corrected chi connectivity index (χ3v) is 6.50. The van der Waals surface area contributed by atoms with Gasteiger partial charge in [0.25, 0.3) is 5.91 Å². The third kappa shape index (κ3) is 2.51. The number of benzene rings is 1. The molecule has 1 saturated heterocycles. The minimum absolute atomic E-state index is 0.00469. The van der Waals surface area contributed by atoms with Gasteiger partial charge in [0, 0.05) is 31.3 Å². The van der Waals surface area contributed by atoms with Crippen molar-refractivity contribution in [3.63, 3.8) is 0 Å². The van der Waals surface area contributed by atoms with Gasteiger partial charge < -0.3 is 4.90 Å². The van der Waals surface area contributed by atoms with Gasteiger partial charge in [0.05, 0.1) is 29.2 Å². The van der Waals surface area contributed by atoms with Crippen molar-refractivity contribution in [1.82, 2.24) is 24.5 Å². The fraction of sp³-hybridized carbons (Fsp3) is 0.381. The van der Waals surface area contributed by atoms with Crippen molar-refractivity contribution in [2.75, 3.05) is 0 Å². The fourth-order valence-electron chi connectivity index (χ4n) is 4.81. The Labute approximate surface area is 168 Å². The predicted octanol–water partition coefficient (Wildman–Crippen LogP) is 3.77. The number of carbonyl (C=O) groups excluding carboxylic acids is 1. The van der Waals surface area contributed by atoms with Gasteiger partial charge in [-0.2, -0.15) is 10.2 Å². The minimum Gasteiger partial charge on any atom is -0.326 e. The maximum absolute atomic E-state index is 13.4. The summed E-state index contributed by atoms with van der Waals surface area (Å²) in [6.45, 7) is 0. The molecule has 0 saturated carbocycles. The van der Waals surface area contributed by atoms with Crippen LogP contribution in [-0.4, -0.2) is 36.4 Å². The molecule has 1 fully saturated rings. The number of hydrogen-bond acceptors (Lipinski definition) is 3. The highest BCUT2D eigenvalue weighted by atomic mass is 35.5. The van der Waals surface area contributed by atoms with Crippen LogP contribution in [-0.2, 0) is 20.5 Å². The topological polar surface area (TPSA) is 56.0 Å². The molecule has 2 atom stereocenters. The normalized spacial score (nSPS) is 20.9. The molecule has 4 heterocycles. The Morgan fingerprint density at radius 2 is 1.93 bits per heavy atom. The molecule has 0 aliphatic carbocycles. The Balaban J connectivity index is 1.60. The lowest BCUT2D eigenvalue weighted by Gasteiger charge is -2.45. The number of carbonyl (C=O) groups is 1. The largest absolute Gasteiger partial charge is 0.326 e. The average molecular weight is 396 g/mol. The van der Waals surface area contributed by atoms with Crippen molar-refractivity contribution in [3.8, 4) is 11.3 Å².